The number of likely N-dealkylation sites (tertiary alicyclic amines) is 1. The van der Waals surface area contributed by atoms with Crippen molar-refractivity contribution < 1.29 is 14.3 Å². The predicted molar refractivity (Wildman–Crippen MR) is 152 cm³/mol. The third-order valence-electron chi connectivity index (χ3n) is 6.96. The molecule has 3 heterocycles. The number of benzene rings is 1. The fourth-order valence-electron chi connectivity index (χ4n) is 4.75. The molecule has 0 spiro atoms. The van der Waals surface area contributed by atoms with E-state index in [0.717, 1.165) is 17.4 Å². The van der Waals surface area contributed by atoms with Crippen molar-refractivity contribution in [3.8, 4) is 22.6 Å². The molecule has 1 N–H and O–H groups in total. The molecule has 1 amide bonds. The molecule has 0 bridgehead atoms. The van der Waals surface area contributed by atoms with Crippen LogP contribution in [0.2, 0.25) is 10.0 Å². The van der Waals surface area contributed by atoms with Gasteiger partial charge in [-0.15, -0.1) is 0 Å². The summed E-state index contributed by atoms with van der Waals surface area (Å²) in [7, 11) is 4.76. The Hall–Kier alpha value is -3.27. The number of pyridine rings is 2. The van der Waals surface area contributed by atoms with E-state index in [2.05, 4.69) is 28.7 Å². The summed E-state index contributed by atoms with van der Waals surface area (Å²) in [6.45, 7) is 8.70. The molecule has 1 aromatic carbocycles. The van der Waals surface area contributed by atoms with Crippen LogP contribution < -0.4 is 20.3 Å². The number of methoxy groups -OCH3 is 2. The number of hydrogen-bond acceptors (Lipinski definition) is 7. The van der Waals surface area contributed by atoms with Gasteiger partial charge in [0.2, 0.25) is 5.91 Å². The summed E-state index contributed by atoms with van der Waals surface area (Å²) < 4.78 is 12.6. The normalized spacial score (nSPS) is 13.5. The number of rotatable bonds is 10. The number of likely N-dealkylation sites (N-methyl/N-ethyl adjacent to an activating group) is 1. The van der Waals surface area contributed by atoms with Crippen LogP contribution in [0.25, 0.3) is 22.0 Å². The van der Waals surface area contributed by atoms with E-state index in [4.69, 9.17) is 32.7 Å². The lowest BCUT2D eigenvalue weighted by Crippen LogP contribution is -2.61. The van der Waals surface area contributed by atoms with Crippen molar-refractivity contribution in [3.63, 3.8) is 0 Å². The van der Waals surface area contributed by atoms with Gasteiger partial charge in [-0.3, -0.25) is 14.5 Å². The molecule has 1 aliphatic heterocycles. The average molecular weight is 560 g/mol. The number of carbonyl (C=O) groups is 1. The number of ether oxygens (including phenoxy) is 2. The lowest BCUT2D eigenvalue weighted by Gasteiger charge is -2.44. The van der Waals surface area contributed by atoms with E-state index in [9.17, 15) is 9.59 Å². The smallest absolute Gasteiger partial charge is 0.259 e. The highest BCUT2D eigenvalue weighted by molar-refractivity contribution is 6.41. The van der Waals surface area contributed by atoms with Crippen LogP contribution in [0.4, 0.5) is 5.82 Å². The van der Waals surface area contributed by atoms with Gasteiger partial charge in [0.05, 0.1) is 35.3 Å². The minimum atomic E-state index is -0.252. The summed E-state index contributed by atoms with van der Waals surface area (Å²) in [5.41, 5.74) is 1.14. The van der Waals surface area contributed by atoms with Crippen molar-refractivity contribution in [2.24, 2.45) is 0 Å². The van der Waals surface area contributed by atoms with E-state index in [-0.39, 0.29) is 27.6 Å². The summed E-state index contributed by atoms with van der Waals surface area (Å²) in [4.78, 5) is 34.4. The minimum Gasteiger partial charge on any atom is -0.495 e. The lowest BCUT2D eigenvalue weighted by atomic mass is 10.0. The second kappa shape index (κ2) is 11.6. The number of carbonyl (C=O) groups excluding carboxylic acids is 1. The number of hydrogen-bond donors (Lipinski definition) is 1. The van der Waals surface area contributed by atoms with E-state index in [1.54, 1.807) is 34.8 Å². The van der Waals surface area contributed by atoms with Crippen LogP contribution >= 0.6 is 23.2 Å². The standard InChI is InChI=1S/C27H31Cl2N5O4/c1-6-23(35)33-14-17(15-33)32(7-2)8-9-34-19-11-22(30-3)31-13-16(19)10-18(27(34)36)24-25(28)20(37-4)12-21(38-5)26(24)29/h6,10-13,17H,1,7-9,14-15H2,2-5H3,(H,30,31). The highest BCUT2D eigenvalue weighted by atomic mass is 35.5. The molecule has 0 radical (unpaired) electrons. The van der Waals surface area contributed by atoms with Crippen LogP contribution in [0.5, 0.6) is 11.5 Å². The first-order valence-electron chi connectivity index (χ1n) is 12.2. The molecule has 1 saturated heterocycles. The van der Waals surface area contributed by atoms with Crippen molar-refractivity contribution in [1.29, 1.82) is 0 Å². The molecule has 1 aliphatic rings. The van der Waals surface area contributed by atoms with Gasteiger partial charge in [0.25, 0.3) is 5.56 Å². The fourth-order valence-corrected chi connectivity index (χ4v) is 5.46. The quantitative estimate of drug-likeness (QED) is 0.373. The Bertz CT molecular complexity index is 1410. The van der Waals surface area contributed by atoms with Gasteiger partial charge in [-0.25, -0.2) is 4.98 Å². The Morgan fingerprint density at radius 1 is 1.21 bits per heavy atom. The summed E-state index contributed by atoms with van der Waals surface area (Å²) in [5, 5.41) is 4.23. The first kappa shape index (κ1) is 27.8. The first-order chi connectivity index (χ1) is 18.3. The van der Waals surface area contributed by atoms with Crippen LogP contribution in [0, 0.1) is 0 Å². The van der Waals surface area contributed by atoms with Crippen molar-refractivity contribution in [2.45, 2.75) is 19.5 Å². The minimum absolute atomic E-state index is 0.0678. The Morgan fingerprint density at radius 3 is 2.42 bits per heavy atom. The molecular formula is C27H31Cl2N5O4. The fraction of sp³-hybridized carbons (Fsp3) is 0.370. The van der Waals surface area contributed by atoms with Gasteiger partial charge < -0.3 is 24.3 Å². The van der Waals surface area contributed by atoms with E-state index in [0.29, 0.717) is 54.6 Å². The molecule has 2 aromatic heterocycles. The maximum Gasteiger partial charge on any atom is 0.259 e. The Labute approximate surface area is 231 Å². The lowest BCUT2D eigenvalue weighted by molar-refractivity contribution is -0.133. The van der Waals surface area contributed by atoms with E-state index in [1.165, 1.54) is 20.3 Å². The topological polar surface area (TPSA) is 88.9 Å². The second-order valence-corrected chi connectivity index (χ2v) is 9.66. The monoisotopic (exact) mass is 559 g/mol. The molecule has 0 aliphatic carbocycles. The van der Waals surface area contributed by atoms with Crippen LogP contribution in [-0.4, -0.2) is 78.7 Å². The second-order valence-electron chi connectivity index (χ2n) is 8.91. The van der Waals surface area contributed by atoms with E-state index >= 15 is 0 Å². The summed E-state index contributed by atoms with van der Waals surface area (Å²) in [6, 6.07) is 5.40. The zero-order valence-corrected chi connectivity index (χ0v) is 23.4. The molecule has 0 atom stereocenters. The van der Waals surface area contributed by atoms with Gasteiger partial charge in [-0.2, -0.15) is 0 Å². The third-order valence-corrected chi connectivity index (χ3v) is 7.71. The number of amides is 1. The molecular weight excluding hydrogens is 529 g/mol. The van der Waals surface area contributed by atoms with Crippen molar-refractivity contribution in [2.75, 3.05) is 52.8 Å². The summed E-state index contributed by atoms with van der Waals surface area (Å²) >= 11 is 13.4. The van der Waals surface area contributed by atoms with E-state index < -0.39 is 0 Å². The number of aromatic nitrogens is 2. The molecule has 202 valence electrons. The van der Waals surface area contributed by atoms with Gasteiger partial charge in [-0.05, 0) is 18.7 Å². The van der Waals surface area contributed by atoms with Crippen LogP contribution in [0.15, 0.2) is 41.8 Å². The van der Waals surface area contributed by atoms with Crippen molar-refractivity contribution >= 4 is 45.8 Å². The van der Waals surface area contributed by atoms with Crippen LogP contribution in [0.3, 0.4) is 0 Å². The molecule has 9 nitrogen and oxygen atoms in total. The highest BCUT2D eigenvalue weighted by Crippen LogP contribution is 2.45. The molecule has 38 heavy (non-hydrogen) atoms. The summed E-state index contributed by atoms with van der Waals surface area (Å²) in [6.07, 6.45) is 3.04. The molecule has 0 saturated carbocycles. The van der Waals surface area contributed by atoms with E-state index in [1.807, 2.05) is 6.07 Å². The third kappa shape index (κ3) is 5.06. The number of nitrogens with zero attached hydrogens (tertiary/aromatic N) is 4. The molecule has 4 rings (SSSR count). The highest BCUT2D eigenvalue weighted by Gasteiger charge is 2.33. The summed E-state index contributed by atoms with van der Waals surface area (Å²) in [5.74, 6) is 1.26. The Morgan fingerprint density at radius 2 is 1.87 bits per heavy atom. The van der Waals surface area contributed by atoms with Gasteiger partial charge in [0, 0.05) is 68.5 Å². The molecule has 11 heteroatoms. The Kier molecular flexibility index (Phi) is 8.50. The largest absolute Gasteiger partial charge is 0.495 e. The zero-order chi connectivity index (χ0) is 27.6. The Balaban J connectivity index is 1.80. The molecule has 0 unspecified atom stereocenters. The number of nitrogens with one attached hydrogen (secondary N) is 1. The average Bonchev–Trinajstić information content (AvgIpc) is 2.90. The first-order valence-corrected chi connectivity index (χ1v) is 13.0. The number of anilines is 1. The van der Waals surface area contributed by atoms with Gasteiger partial charge in [0.1, 0.15) is 17.3 Å². The maximum absolute atomic E-state index is 14.1. The molecule has 3 aromatic rings. The number of halogens is 2. The SMILES string of the molecule is C=CC(=O)N1CC(N(CC)CCn2c(=O)c(-c3c(Cl)c(OC)cc(OC)c3Cl)cc3cnc(NC)cc32)C1. The van der Waals surface area contributed by atoms with Gasteiger partial charge in [-0.1, -0.05) is 36.7 Å². The van der Waals surface area contributed by atoms with Crippen molar-refractivity contribution in [3.05, 3.63) is 57.4 Å². The van der Waals surface area contributed by atoms with Crippen molar-refractivity contribution in [1.82, 2.24) is 19.4 Å². The molecule has 1 fully saturated rings. The van der Waals surface area contributed by atoms with Crippen LogP contribution in [0.1, 0.15) is 6.92 Å². The zero-order valence-electron chi connectivity index (χ0n) is 21.9. The predicted octanol–water partition coefficient (Wildman–Crippen LogP) is 4.15. The van der Waals surface area contributed by atoms with Crippen LogP contribution in [-0.2, 0) is 11.3 Å². The van der Waals surface area contributed by atoms with Gasteiger partial charge in [0.15, 0.2) is 0 Å². The van der Waals surface area contributed by atoms with Gasteiger partial charge >= 0.3 is 0 Å². The maximum atomic E-state index is 14.1. The number of fused-ring (bicyclic) bond motifs is 1.